The van der Waals surface area contributed by atoms with Crippen molar-refractivity contribution in [3.8, 4) is 5.69 Å². The number of halogens is 2. The fourth-order valence-corrected chi connectivity index (χ4v) is 4.21. The van der Waals surface area contributed by atoms with Crippen molar-refractivity contribution in [3.63, 3.8) is 0 Å². The molecule has 2 fully saturated rings. The molecule has 1 unspecified atom stereocenters. The second kappa shape index (κ2) is 5.72. The third-order valence-electron chi connectivity index (χ3n) is 5.73. The standard InChI is InChI=1S/C19H18F2N4O/c20-14-4-1-5-15(21)17(14)25-10-6-12(23-25)11-16-22-18(26-24-16)13-3-2-7-19(13)8-9-19/h1,4-6,10,13H,2-3,7-9,11H2. The van der Waals surface area contributed by atoms with Gasteiger partial charge in [0.25, 0.3) is 0 Å². The first-order valence-corrected chi connectivity index (χ1v) is 8.96. The van der Waals surface area contributed by atoms with Gasteiger partial charge in [0.2, 0.25) is 5.89 Å². The minimum atomic E-state index is -0.655. The Balaban J connectivity index is 1.36. The normalized spacial score (nSPS) is 20.8. The Kier molecular flexibility index (Phi) is 3.45. The molecule has 26 heavy (non-hydrogen) atoms. The van der Waals surface area contributed by atoms with Gasteiger partial charge in [0.1, 0.15) is 5.69 Å². The first-order chi connectivity index (χ1) is 12.6. The van der Waals surface area contributed by atoms with Gasteiger partial charge in [0.15, 0.2) is 17.5 Å². The van der Waals surface area contributed by atoms with Crippen molar-refractivity contribution in [3.05, 3.63) is 59.5 Å². The van der Waals surface area contributed by atoms with Gasteiger partial charge in [-0.3, -0.25) is 0 Å². The molecule has 0 amide bonds. The summed E-state index contributed by atoms with van der Waals surface area (Å²) in [4.78, 5) is 4.57. The van der Waals surface area contributed by atoms with E-state index in [9.17, 15) is 8.78 Å². The van der Waals surface area contributed by atoms with Gasteiger partial charge in [0.05, 0.1) is 12.1 Å². The Morgan fingerprint density at radius 1 is 1.15 bits per heavy atom. The van der Waals surface area contributed by atoms with Crippen LogP contribution in [0.3, 0.4) is 0 Å². The molecule has 2 heterocycles. The van der Waals surface area contributed by atoms with Crippen LogP contribution in [0.5, 0.6) is 0 Å². The highest BCUT2D eigenvalue weighted by Gasteiger charge is 2.54. The molecule has 1 aromatic carbocycles. The van der Waals surface area contributed by atoms with Crippen LogP contribution in [0.1, 0.15) is 55.4 Å². The number of para-hydroxylation sites is 1. The maximum absolute atomic E-state index is 13.9. The number of rotatable bonds is 4. The van der Waals surface area contributed by atoms with Gasteiger partial charge >= 0.3 is 0 Å². The molecule has 0 aliphatic heterocycles. The molecule has 1 spiro atoms. The zero-order valence-corrected chi connectivity index (χ0v) is 14.2. The third-order valence-corrected chi connectivity index (χ3v) is 5.73. The van der Waals surface area contributed by atoms with Crippen molar-refractivity contribution in [2.24, 2.45) is 5.41 Å². The molecular formula is C19H18F2N4O. The SMILES string of the molecule is Fc1cccc(F)c1-n1ccc(Cc2noc(C3CCCC34CC4)n2)n1. The molecule has 1 atom stereocenters. The molecule has 5 rings (SSSR count). The van der Waals surface area contributed by atoms with Crippen molar-refractivity contribution < 1.29 is 13.3 Å². The summed E-state index contributed by atoms with van der Waals surface area (Å²) in [6.07, 6.45) is 8.01. The number of hydrogen-bond acceptors (Lipinski definition) is 4. The fourth-order valence-electron chi connectivity index (χ4n) is 4.21. The minimum absolute atomic E-state index is 0.186. The van der Waals surface area contributed by atoms with Crippen LogP contribution in [0, 0.1) is 17.0 Å². The summed E-state index contributed by atoms with van der Waals surface area (Å²) in [5.74, 6) is 0.361. The van der Waals surface area contributed by atoms with Crippen molar-refractivity contribution in [1.82, 2.24) is 19.9 Å². The lowest BCUT2D eigenvalue weighted by Crippen LogP contribution is -2.07. The zero-order chi connectivity index (χ0) is 17.7. The molecule has 0 N–H and O–H groups in total. The van der Waals surface area contributed by atoms with E-state index in [2.05, 4.69) is 15.2 Å². The van der Waals surface area contributed by atoms with Crippen LogP contribution in [0.2, 0.25) is 0 Å². The monoisotopic (exact) mass is 356 g/mol. The summed E-state index contributed by atoms with van der Waals surface area (Å²) in [6.45, 7) is 0. The molecule has 0 bridgehead atoms. The fraction of sp³-hybridized carbons (Fsp3) is 0.421. The van der Waals surface area contributed by atoms with E-state index in [1.807, 2.05) is 0 Å². The van der Waals surface area contributed by atoms with Gasteiger partial charge in [-0.1, -0.05) is 17.6 Å². The Labute approximate surface area is 149 Å². The maximum atomic E-state index is 13.9. The Hall–Kier alpha value is -2.57. The lowest BCUT2D eigenvalue weighted by molar-refractivity contribution is 0.312. The van der Waals surface area contributed by atoms with E-state index in [0.717, 1.165) is 12.3 Å². The van der Waals surface area contributed by atoms with E-state index in [-0.39, 0.29) is 5.69 Å². The minimum Gasteiger partial charge on any atom is -0.339 e. The van der Waals surface area contributed by atoms with Crippen LogP contribution in [-0.2, 0) is 6.42 Å². The number of aromatic nitrogens is 4. The van der Waals surface area contributed by atoms with Gasteiger partial charge in [-0.15, -0.1) is 0 Å². The first-order valence-electron chi connectivity index (χ1n) is 8.96. The topological polar surface area (TPSA) is 56.7 Å². The smallest absolute Gasteiger partial charge is 0.230 e. The molecule has 0 saturated heterocycles. The van der Waals surface area contributed by atoms with Crippen molar-refractivity contribution in [1.29, 1.82) is 0 Å². The van der Waals surface area contributed by atoms with Crippen molar-refractivity contribution >= 4 is 0 Å². The predicted molar refractivity (Wildman–Crippen MR) is 88.8 cm³/mol. The van der Waals surface area contributed by atoms with E-state index in [1.54, 1.807) is 6.07 Å². The molecular weight excluding hydrogens is 338 g/mol. The van der Waals surface area contributed by atoms with Gasteiger partial charge in [-0.25, -0.2) is 13.5 Å². The number of nitrogens with zero attached hydrogens (tertiary/aromatic N) is 4. The average molecular weight is 356 g/mol. The summed E-state index contributed by atoms with van der Waals surface area (Å²) in [5, 5.41) is 8.34. The number of hydrogen-bond donors (Lipinski definition) is 0. The maximum Gasteiger partial charge on any atom is 0.230 e. The molecule has 2 saturated carbocycles. The quantitative estimate of drug-likeness (QED) is 0.704. The van der Waals surface area contributed by atoms with E-state index >= 15 is 0 Å². The second-order valence-electron chi connectivity index (χ2n) is 7.35. The summed E-state index contributed by atoms with van der Waals surface area (Å²) < 4.78 is 34.5. The lowest BCUT2D eigenvalue weighted by atomic mass is 9.93. The molecule has 0 radical (unpaired) electrons. The summed E-state index contributed by atoms with van der Waals surface area (Å²) in [6, 6.07) is 5.45. The zero-order valence-electron chi connectivity index (χ0n) is 14.2. The molecule has 2 aliphatic carbocycles. The molecule has 5 nitrogen and oxygen atoms in total. The van der Waals surface area contributed by atoms with E-state index in [1.165, 1.54) is 54.8 Å². The largest absolute Gasteiger partial charge is 0.339 e. The van der Waals surface area contributed by atoms with E-state index in [4.69, 9.17) is 4.52 Å². The Morgan fingerprint density at radius 2 is 1.96 bits per heavy atom. The third kappa shape index (κ3) is 2.53. The summed E-state index contributed by atoms with van der Waals surface area (Å²) in [7, 11) is 0. The lowest BCUT2D eigenvalue weighted by Gasteiger charge is -2.12. The highest BCUT2D eigenvalue weighted by molar-refractivity contribution is 5.34. The number of benzene rings is 1. The molecule has 2 aliphatic rings. The molecule has 2 aromatic heterocycles. The van der Waals surface area contributed by atoms with Crippen molar-refractivity contribution in [2.75, 3.05) is 0 Å². The Bertz CT molecular complexity index is 940. The van der Waals surface area contributed by atoms with Gasteiger partial charge in [-0.2, -0.15) is 10.1 Å². The van der Waals surface area contributed by atoms with Gasteiger partial charge < -0.3 is 4.52 Å². The van der Waals surface area contributed by atoms with E-state index in [0.29, 0.717) is 29.3 Å². The average Bonchev–Trinajstić information content (AvgIpc) is 2.96. The molecule has 134 valence electrons. The van der Waals surface area contributed by atoms with Crippen LogP contribution in [0.15, 0.2) is 35.0 Å². The summed E-state index contributed by atoms with van der Waals surface area (Å²) in [5.41, 5.74) is 0.857. The van der Waals surface area contributed by atoms with Gasteiger partial charge in [-0.05, 0) is 49.3 Å². The predicted octanol–water partition coefficient (Wildman–Crippen LogP) is 4.17. The second-order valence-corrected chi connectivity index (χ2v) is 7.35. The molecule has 7 heteroatoms. The van der Waals surface area contributed by atoms with E-state index < -0.39 is 11.6 Å². The van der Waals surface area contributed by atoms with Crippen LogP contribution in [-0.4, -0.2) is 19.9 Å². The molecule has 3 aromatic rings. The highest BCUT2D eigenvalue weighted by Crippen LogP contribution is 2.64. The van der Waals surface area contributed by atoms with Crippen LogP contribution >= 0.6 is 0 Å². The van der Waals surface area contributed by atoms with Crippen LogP contribution < -0.4 is 0 Å². The highest BCUT2D eigenvalue weighted by atomic mass is 19.1. The van der Waals surface area contributed by atoms with Crippen LogP contribution in [0.25, 0.3) is 5.69 Å². The van der Waals surface area contributed by atoms with Gasteiger partial charge in [0, 0.05) is 12.1 Å². The first kappa shape index (κ1) is 15.7. The van der Waals surface area contributed by atoms with Crippen LogP contribution in [0.4, 0.5) is 8.78 Å². The Morgan fingerprint density at radius 3 is 2.73 bits per heavy atom. The summed E-state index contributed by atoms with van der Waals surface area (Å²) >= 11 is 0. The van der Waals surface area contributed by atoms with Crippen molar-refractivity contribution in [2.45, 2.75) is 44.4 Å².